The molecule has 3 rings (SSSR count). The highest BCUT2D eigenvalue weighted by molar-refractivity contribution is 5.30. The summed E-state index contributed by atoms with van der Waals surface area (Å²) in [5, 5.41) is 7.22. The molecule has 1 N–H and O–H groups in total. The van der Waals surface area contributed by atoms with Gasteiger partial charge in [-0.25, -0.2) is 0 Å². The summed E-state index contributed by atoms with van der Waals surface area (Å²) < 4.78 is 39.5. The van der Waals surface area contributed by atoms with Gasteiger partial charge in [0.1, 0.15) is 0 Å². The molecule has 1 aromatic heterocycles. The average molecular weight is 337 g/mol. The van der Waals surface area contributed by atoms with Gasteiger partial charge in [0.15, 0.2) is 0 Å². The highest BCUT2D eigenvalue weighted by Gasteiger charge is 2.34. The van der Waals surface area contributed by atoms with Gasteiger partial charge in [0.25, 0.3) is 0 Å². The maximum atomic E-state index is 13.2. The second-order valence-electron chi connectivity index (χ2n) is 6.39. The largest absolute Gasteiger partial charge is 0.416 e. The van der Waals surface area contributed by atoms with Gasteiger partial charge in [-0.05, 0) is 43.0 Å². The van der Waals surface area contributed by atoms with Crippen molar-refractivity contribution in [2.45, 2.75) is 44.8 Å². The maximum absolute atomic E-state index is 13.2. The van der Waals surface area contributed by atoms with Crippen molar-refractivity contribution in [1.29, 1.82) is 0 Å². The molecule has 0 bridgehead atoms. The Kier molecular flexibility index (Phi) is 4.94. The molecule has 3 nitrogen and oxygen atoms in total. The molecule has 1 saturated heterocycles. The lowest BCUT2D eigenvalue weighted by Crippen LogP contribution is -2.34. The molecule has 2 aromatic rings. The molecule has 0 unspecified atom stereocenters. The zero-order valence-electron chi connectivity index (χ0n) is 13.7. The highest BCUT2D eigenvalue weighted by atomic mass is 19.4. The first-order chi connectivity index (χ1) is 11.5. The van der Waals surface area contributed by atoms with E-state index < -0.39 is 11.7 Å². The minimum absolute atomic E-state index is 0.314. The van der Waals surface area contributed by atoms with Gasteiger partial charge >= 0.3 is 6.18 Å². The number of likely N-dealkylation sites (tertiary alicyclic amines) is 1. The topological polar surface area (TPSA) is 31.9 Å². The first-order valence-corrected chi connectivity index (χ1v) is 8.38. The van der Waals surface area contributed by atoms with Crippen molar-refractivity contribution in [2.24, 2.45) is 0 Å². The first-order valence-electron chi connectivity index (χ1n) is 8.38. The number of halogens is 3. The fourth-order valence-corrected chi connectivity index (χ4v) is 3.57. The van der Waals surface area contributed by atoms with Crippen LogP contribution >= 0.6 is 0 Å². The van der Waals surface area contributed by atoms with Crippen molar-refractivity contribution < 1.29 is 13.2 Å². The van der Waals surface area contributed by atoms with Crippen LogP contribution in [0.15, 0.2) is 30.5 Å². The van der Waals surface area contributed by atoms with Crippen molar-refractivity contribution in [3.8, 4) is 0 Å². The van der Waals surface area contributed by atoms with E-state index in [2.05, 4.69) is 22.0 Å². The molecule has 6 heteroatoms. The Morgan fingerprint density at radius 3 is 2.79 bits per heavy atom. The third kappa shape index (κ3) is 3.64. The summed E-state index contributed by atoms with van der Waals surface area (Å²) in [6, 6.07) is 5.88. The van der Waals surface area contributed by atoms with E-state index in [1.54, 1.807) is 12.1 Å². The molecule has 0 radical (unpaired) electrons. The van der Waals surface area contributed by atoms with Gasteiger partial charge in [0, 0.05) is 24.7 Å². The van der Waals surface area contributed by atoms with E-state index >= 15 is 0 Å². The van der Waals surface area contributed by atoms with Gasteiger partial charge in [0.05, 0.1) is 11.8 Å². The van der Waals surface area contributed by atoms with Crippen molar-refractivity contribution in [3.63, 3.8) is 0 Å². The lowest BCUT2D eigenvalue weighted by atomic mass is 9.91. The number of aromatic amines is 1. The zero-order chi connectivity index (χ0) is 17.2. The summed E-state index contributed by atoms with van der Waals surface area (Å²) in [6.07, 6.45) is 0.505. The Morgan fingerprint density at radius 2 is 2.04 bits per heavy atom. The second-order valence-corrected chi connectivity index (χ2v) is 6.39. The van der Waals surface area contributed by atoms with E-state index in [-0.39, 0.29) is 0 Å². The lowest BCUT2D eigenvalue weighted by Gasteiger charge is -2.33. The third-order valence-electron chi connectivity index (χ3n) is 4.76. The number of aromatic nitrogens is 2. The Labute approximate surface area is 139 Å². The van der Waals surface area contributed by atoms with Crippen LogP contribution in [-0.2, 0) is 19.1 Å². The van der Waals surface area contributed by atoms with Crippen molar-refractivity contribution in [2.75, 3.05) is 13.1 Å². The maximum Gasteiger partial charge on any atom is 0.416 e. The Hall–Kier alpha value is -1.82. The number of alkyl halides is 3. The summed E-state index contributed by atoms with van der Waals surface area (Å²) in [6.45, 7) is 4.02. The predicted molar refractivity (Wildman–Crippen MR) is 86.7 cm³/mol. The van der Waals surface area contributed by atoms with Gasteiger partial charge in [-0.15, -0.1) is 0 Å². The van der Waals surface area contributed by atoms with Crippen molar-refractivity contribution in [1.82, 2.24) is 15.1 Å². The summed E-state index contributed by atoms with van der Waals surface area (Å²) in [7, 11) is 0. The van der Waals surface area contributed by atoms with E-state index in [1.165, 1.54) is 17.7 Å². The number of nitrogens with one attached hydrogen (secondary N) is 1. The number of rotatable bonds is 4. The molecule has 1 aliphatic rings. The molecule has 1 aliphatic heterocycles. The van der Waals surface area contributed by atoms with E-state index in [1.807, 2.05) is 6.20 Å². The molecule has 0 spiro atoms. The fourth-order valence-electron chi connectivity index (χ4n) is 3.57. The van der Waals surface area contributed by atoms with Crippen LogP contribution in [0.25, 0.3) is 0 Å². The number of piperidine rings is 1. The lowest BCUT2D eigenvalue weighted by molar-refractivity contribution is -0.138. The zero-order valence-corrected chi connectivity index (χ0v) is 13.7. The van der Waals surface area contributed by atoms with Gasteiger partial charge in [0.2, 0.25) is 0 Å². The molecular weight excluding hydrogens is 315 g/mol. The van der Waals surface area contributed by atoms with Gasteiger partial charge in [-0.1, -0.05) is 25.1 Å². The average Bonchev–Trinajstić information content (AvgIpc) is 3.03. The van der Waals surface area contributed by atoms with Gasteiger partial charge in [-0.3, -0.25) is 10.00 Å². The summed E-state index contributed by atoms with van der Waals surface area (Å²) >= 11 is 0. The molecule has 24 heavy (non-hydrogen) atoms. The minimum Gasteiger partial charge on any atom is -0.298 e. The highest BCUT2D eigenvalue weighted by Crippen LogP contribution is 2.34. The molecule has 0 aliphatic carbocycles. The van der Waals surface area contributed by atoms with Crippen molar-refractivity contribution >= 4 is 0 Å². The number of benzene rings is 1. The van der Waals surface area contributed by atoms with Crippen LogP contribution in [-0.4, -0.2) is 28.2 Å². The number of hydrogen-bond acceptors (Lipinski definition) is 2. The standard InChI is InChI=1S/C18H22F3N3/c1-2-13-10-22-23-17(13)15-7-5-9-24(12-15)11-14-6-3-4-8-16(14)18(19,20)21/h3-4,6,8,10,15H,2,5,7,9,11-12H2,1H3,(H,22,23)/t15-/m1/s1. The SMILES string of the molecule is CCc1cn[nH]c1[C@@H]1CCCN(Cc2ccccc2C(F)(F)F)C1. The predicted octanol–water partition coefficient (Wildman–Crippen LogP) is 4.37. The van der Waals surface area contributed by atoms with E-state index in [9.17, 15) is 13.2 Å². The molecular formula is C18H22F3N3. The normalized spacial score (nSPS) is 19.6. The number of hydrogen-bond donors (Lipinski definition) is 1. The first kappa shape index (κ1) is 17.0. The van der Waals surface area contributed by atoms with Crippen LogP contribution in [0.4, 0.5) is 13.2 Å². The summed E-state index contributed by atoms with van der Waals surface area (Å²) in [5.41, 5.74) is 2.18. The summed E-state index contributed by atoms with van der Waals surface area (Å²) in [5.74, 6) is 0.314. The Bertz CT molecular complexity index is 678. The van der Waals surface area contributed by atoms with Crippen molar-refractivity contribution in [3.05, 3.63) is 52.8 Å². The fraction of sp³-hybridized carbons (Fsp3) is 0.500. The van der Waals surface area contributed by atoms with Crippen LogP contribution in [0.3, 0.4) is 0 Å². The van der Waals surface area contributed by atoms with Crippen LogP contribution in [0.5, 0.6) is 0 Å². The number of nitrogens with zero attached hydrogens (tertiary/aromatic N) is 2. The smallest absolute Gasteiger partial charge is 0.298 e. The molecule has 1 aromatic carbocycles. The van der Waals surface area contributed by atoms with E-state index in [0.717, 1.165) is 38.0 Å². The molecule has 130 valence electrons. The van der Waals surface area contributed by atoms with Crippen LogP contribution in [0.2, 0.25) is 0 Å². The summed E-state index contributed by atoms with van der Waals surface area (Å²) in [4.78, 5) is 2.12. The molecule has 2 heterocycles. The quantitative estimate of drug-likeness (QED) is 0.898. The van der Waals surface area contributed by atoms with E-state index in [0.29, 0.717) is 18.0 Å². The second kappa shape index (κ2) is 6.97. The van der Waals surface area contributed by atoms with Gasteiger partial charge < -0.3 is 0 Å². The molecule has 1 atom stereocenters. The number of aryl methyl sites for hydroxylation is 1. The van der Waals surface area contributed by atoms with Crippen LogP contribution < -0.4 is 0 Å². The Balaban J connectivity index is 1.75. The van der Waals surface area contributed by atoms with E-state index in [4.69, 9.17) is 0 Å². The minimum atomic E-state index is -4.30. The Morgan fingerprint density at radius 1 is 1.25 bits per heavy atom. The molecule has 0 amide bonds. The van der Waals surface area contributed by atoms with Gasteiger partial charge in [-0.2, -0.15) is 18.3 Å². The molecule has 1 fully saturated rings. The van der Waals surface area contributed by atoms with Crippen LogP contribution in [0, 0.1) is 0 Å². The monoisotopic (exact) mass is 337 g/mol. The number of H-pyrrole nitrogens is 1. The third-order valence-corrected chi connectivity index (χ3v) is 4.76. The van der Waals surface area contributed by atoms with Crippen LogP contribution in [0.1, 0.15) is 48.1 Å². The molecule has 0 saturated carbocycles.